The van der Waals surface area contributed by atoms with Gasteiger partial charge in [-0.15, -0.1) is 11.3 Å². The Morgan fingerprint density at radius 2 is 2.19 bits per heavy atom. The number of anilines is 1. The molecule has 1 fully saturated rings. The van der Waals surface area contributed by atoms with Crippen molar-refractivity contribution in [1.82, 2.24) is 20.1 Å². The molecule has 0 aliphatic heterocycles. The lowest BCUT2D eigenvalue weighted by Gasteiger charge is -2.16. The normalized spacial score (nSPS) is 14.8. The number of thiophene rings is 1. The summed E-state index contributed by atoms with van der Waals surface area (Å²) >= 11 is 1.65. The number of fused-ring (bicyclic) bond motifs is 1. The van der Waals surface area contributed by atoms with Gasteiger partial charge in [0.05, 0.1) is 16.8 Å². The monoisotopic (exact) mass is 301 g/mol. The topological polar surface area (TPSA) is 67.9 Å². The summed E-state index contributed by atoms with van der Waals surface area (Å²) in [7, 11) is 1.99. The van der Waals surface area contributed by atoms with Crippen LogP contribution < -0.4 is 4.90 Å². The highest BCUT2D eigenvalue weighted by Gasteiger charge is 2.29. The molecule has 4 rings (SSSR count). The van der Waals surface area contributed by atoms with Gasteiger partial charge >= 0.3 is 0 Å². The molecule has 1 aliphatic rings. The van der Waals surface area contributed by atoms with Crippen molar-refractivity contribution in [2.45, 2.75) is 32.2 Å². The van der Waals surface area contributed by atoms with Gasteiger partial charge in [0.25, 0.3) is 0 Å². The second kappa shape index (κ2) is 4.77. The molecule has 0 radical (unpaired) electrons. The third-order valence-electron chi connectivity index (χ3n) is 3.56. The molecule has 6 nitrogen and oxygen atoms in total. The first kappa shape index (κ1) is 12.7. The van der Waals surface area contributed by atoms with E-state index in [0.717, 1.165) is 27.7 Å². The first-order valence-electron chi connectivity index (χ1n) is 6.96. The maximum Gasteiger partial charge on any atom is 0.246 e. The van der Waals surface area contributed by atoms with Crippen LogP contribution in [0.1, 0.15) is 36.3 Å². The number of hydrogen-bond donors (Lipinski definition) is 0. The molecule has 108 valence electrons. The van der Waals surface area contributed by atoms with Gasteiger partial charge in [-0.1, -0.05) is 5.16 Å². The Kier molecular flexibility index (Phi) is 2.88. The Morgan fingerprint density at radius 3 is 3.00 bits per heavy atom. The minimum absolute atomic E-state index is 0.512. The highest BCUT2D eigenvalue weighted by atomic mass is 32.1. The van der Waals surface area contributed by atoms with Gasteiger partial charge in [-0.2, -0.15) is 4.98 Å². The Balaban J connectivity index is 1.62. The predicted octanol–water partition coefficient (Wildman–Crippen LogP) is 2.90. The van der Waals surface area contributed by atoms with Gasteiger partial charge in [-0.3, -0.25) is 0 Å². The van der Waals surface area contributed by atoms with Crippen LogP contribution >= 0.6 is 11.3 Å². The fourth-order valence-corrected chi connectivity index (χ4v) is 3.21. The lowest BCUT2D eigenvalue weighted by molar-refractivity contribution is 0.372. The largest absolute Gasteiger partial charge is 0.349 e. The van der Waals surface area contributed by atoms with Crippen molar-refractivity contribution in [3.8, 4) is 0 Å². The van der Waals surface area contributed by atoms with Crippen LogP contribution in [0, 0.1) is 6.92 Å². The predicted molar refractivity (Wildman–Crippen MR) is 80.5 cm³/mol. The summed E-state index contributed by atoms with van der Waals surface area (Å²) in [5.74, 6) is 3.68. The molecule has 7 heteroatoms. The van der Waals surface area contributed by atoms with E-state index in [9.17, 15) is 0 Å². The van der Waals surface area contributed by atoms with E-state index >= 15 is 0 Å². The zero-order valence-corrected chi connectivity index (χ0v) is 12.7. The zero-order chi connectivity index (χ0) is 14.4. The SMILES string of the molecule is Cc1nc(N(C)Cc2nc(C3CC3)no2)c2sccc2n1. The van der Waals surface area contributed by atoms with E-state index in [1.165, 1.54) is 12.8 Å². The Bertz CT molecular complexity index is 792. The summed E-state index contributed by atoms with van der Waals surface area (Å²) in [6, 6.07) is 2.02. The molecule has 0 aromatic carbocycles. The van der Waals surface area contributed by atoms with Crippen molar-refractivity contribution in [2.24, 2.45) is 0 Å². The van der Waals surface area contributed by atoms with Crippen molar-refractivity contribution in [3.63, 3.8) is 0 Å². The molecule has 0 amide bonds. The van der Waals surface area contributed by atoms with Gasteiger partial charge < -0.3 is 9.42 Å². The lowest BCUT2D eigenvalue weighted by atomic mass is 10.4. The Morgan fingerprint density at radius 1 is 1.33 bits per heavy atom. The first-order valence-corrected chi connectivity index (χ1v) is 7.84. The van der Waals surface area contributed by atoms with Crippen LogP contribution in [-0.2, 0) is 6.54 Å². The molecular formula is C14H15N5OS. The molecular weight excluding hydrogens is 286 g/mol. The van der Waals surface area contributed by atoms with E-state index in [2.05, 4.69) is 20.1 Å². The van der Waals surface area contributed by atoms with Crippen molar-refractivity contribution in [2.75, 3.05) is 11.9 Å². The highest BCUT2D eigenvalue weighted by Crippen LogP contribution is 2.38. The standard InChI is InChI=1S/C14H15N5OS/c1-8-15-10-5-6-21-12(10)14(16-8)19(2)7-11-17-13(18-20-11)9-3-4-9/h5-6,9H,3-4,7H2,1-2H3. The van der Waals surface area contributed by atoms with E-state index in [-0.39, 0.29) is 0 Å². The van der Waals surface area contributed by atoms with Crippen molar-refractivity contribution in [1.29, 1.82) is 0 Å². The third-order valence-corrected chi connectivity index (χ3v) is 4.46. The lowest BCUT2D eigenvalue weighted by Crippen LogP contribution is -2.18. The van der Waals surface area contributed by atoms with Crippen LogP contribution in [0.4, 0.5) is 5.82 Å². The molecule has 0 spiro atoms. The van der Waals surface area contributed by atoms with Crippen LogP contribution in [-0.4, -0.2) is 27.2 Å². The fourth-order valence-electron chi connectivity index (χ4n) is 2.34. The summed E-state index contributed by atoms with van der Waals surface area (Å²) in [5.41, 5.74) is 0.985. The van der Waals surface area contributed by atoms with Gasteiger partial charge in [0.1, 0.15) is 5.82 Å². The van der Waals surface area contributed by atoms with Gasteiger partial charge in [0.15, 0.2) is 11.6 Å². The summed E-state index contributed by atoms with van der Waals surface area (Å²) in [5, 5.41) is 6.09. The van der Waals surface area contributed by atoms with Crippen LogP contribution in [0.2, 0.25) is 0 Å². The van der Waals surface area contributed by atoms with E-state index in [1.807, 2.05) is 30.3 Å². The van der Waals surface area contributed by atoms with E-state index in [0.29, 0.717) is 18.4 Å². The van der Waals surface area contributed by atoms with Gasteiger partial charge in [0, 0.05) is 13.0 Å². The molecule has 0 saturated heterocycles. The summed E-state index contributed by atoms with van der Waals surface area (Å²) in [6.07, 6.45) is 2.35. The summed E-state index contributed by atoms with van der Waals surface area (Å²) in [6.45, 7) is 2.47. The number of nitrogens with zero attached hydrogens (tertiary/aromatic N) is 5. The molecule has 3 aromatic rings. The van der Waals surface area contributed by atoms with Crippen molar-refractivity contribution in [3.05, 3.63) is 29.0 Å². The van der Waals surface area contributed by atoms with Crippen molar-refractivity contribution < 1.29 is 4.52 Å². The number of rotatable bonds is 4. The molecule has 0 atom stereocenters. The highest BCUT2D eigenvalue weighted by molar-refractivity contribution is 7.17. The van der Waals surface area contributed by atoms with Crippen LogP contribution in [0.5, 0.6) is 0 Å². The smallest absolute Gasteiger partial charge is 0.246 e. The molecule has 21 heavy (non-hydrogen) atoms. The summed E-state index contributed by atoms with van der Waals surface area (Å²) < 4.78 is 6.43. The second-order valence-electron chi connectivity index (χ2n) is 5.41. The van der Waals surface area contributed by atoms with Gasteiger partial charge in [0.2, 0.25) is 5.89 Å². The molecule has 3 heterocycles. The number of aromatic nitrogens is 4. The molecule has 0 bridgehead atoms. The Hall–Kier alpha value is -2.02. The maximum absolute atomic E-state index is 5.34. The summed E-state index contributed by atoms with van der Waals surface area (Å²) in [4.78, 5) is 15.5. The average Bonchev–Trinajstić information content (AvgIpc) is 3.02. The third kappa shape index (κ3) is 2.37. The quantitative estimate of drug-likeness (QED) is 0.738. The minimum atomic E-state index is 0.512. The minimum Gasteiger partial charge on any atom is -0.349 e. The Labute approximate surface area is 125 Å². The van der Waals surface area contributed by atoms with E-state index < -0.39 is 0 Å². The molecule has 3 aromatic heterocycles. The second-order valence-corrected chi connectivity index (χ2v) is 6.32. The van der Waals surface area contributed by atoms with Crippen LogP contribution in [0.3, 0.4) is 0 Å². The van der Waals surface area contributed by atoms with Crippen molar-refractivity contribution >= 4 is 27.4 Å². The maximum atomic E-state index is 5.34. The number of hydrogen-bond acceptors (Lipinski definition) is 7. The average molecular weight is 301 g/mol. The van der Waals surface area contributed by atoms with E-state index in [1.54, 1.807) is 11.3 Å². The number of aryl methyl sites for hydroxylation is 1. The van der Waals surface area contributed by atoms with Crippen LogP contribution in [0.15, 0.2) is 16.0 Å². The van der Waals surface area contributed by atoms with Gasteiger partial charge in [-0.05, 0) is 31.2 Å². The van der Waals surface area contributed by atoms with E-state index in [4.69, 9.17) is 4.52 Å². The van der Waals surface area contributed by atoms with Gasteiger partial charge in [-0.25, -0.2) is 9.97 Å². The first-order chi connectivity index (χ1) is 10.2. The zero-order valence-electron chi connectivity index (χ0n) is 11.9. The van der Waals surface area contributed by atoms with Crippen LogP contribution in [0.25, 0.3) is 10.2 Å². The molecule has 0 N–H and O–H groups in total. The molecule has 1 aliphatic carbocycles. The fraction of sp³-hybridized carbons (Fsp3) is 0.429. The molecule has 1 saturated carbocycles. The molecule has 0 unspecified atom stereocenters.